The average molecular weight is 572 g/mol. The first-order chi connectivity index (χ1) is 18.5. The molecule has 2 N–H and O–H groups in total. The fraction of sp³-hybridized carbons (Fsp3) is 0.536. The Bertz CT molecular complexity index is 1390. The van der Waals surface area contributed by atoms with Gasteiger partial charge in [-0.25, -0.2) is 0 Å². The maximum atomic E-state index is 14.2. The van der Waals surface area contributed by atoms with Crippen molar-refractivity contribution in [3.63, 3.8) is 0 Å². The number of aryl methyl sites for hydroxylation is 1. The lowest BCUT2D eigenvalue weighted by atomic mass is 9.77. The van der Waals surface area contributed by atoms with Gasteiger partial charge in [-0.2, -0.15) is 31.4 Å². The summed E-state index contributed by atoms with van der Waals surface area (Å²) >= 11 is 0. The fourth-order valence-electron chi connectivity index (χ4n) is 5.94. The molecule has 6 nitrogen and oxygen atoms in total. The number of aromatic nitrogens is 2. The first kappa shape index (κ1) is 28.7. The number of ether oxygens (including phenoxy) is 1. The number of fused-ring (bicyclic) bond motifs is 1. The molecule has 218 valence electrons. The number of hydrogen-bond acceptors (Lipinski definition) is 5. The molecular weight excluding hydrogens is 540 g/mol. The standard InChI is InChI=1S/C28H31F6N3O3/c1-16-12-26(39,18-4-6-19(7-5-18)27(29,30)31)8-9-36(16)15-40-21-10-22-17(2)35-37(20-13-25(3,38)14-20)24(22)23(11-21)28(32,33)34/h4-7,10-11,16,20,38-39H,8-9,12-15H2,1-3H3. The lowest BCUT2D eigenvalue weighted by Crippen LogP contribution is -2.49. The van der Waals surface area contributed by atoms with Crippen LogP contribution >= 0.6 is 0 Å². The van der Waals surface area contributed by atoms with Crippen LogP contribution in [0.4, 0.5) is 26.3 Å². The second kappa shape index (κ2) is 9.63. The number of likely N-dealkylation sites (tertiary alicyclic amines) is 1. The third kappa shape index (κ3) is 5.40. The summed E-state index contributed by atoms with van der Waals surface area (Å²) in [6, 6.07) is 6.35. The van der Waals surface area contributed by atoms with E-state index < -0.39 is 34.7 Å². The normalized spacial score (nSPS) is 28.1. The molecule has 1 saturated carbocycles. The zero-order valence-electron chi connectivity index (χ0n) is 22.3. The molecule has 2 atom stereocenters. The van der Waals surface area contributed by atoms with E-state index in [0.29, 0.717) is 36.0 Å². The van der Waals surface area contributed by atoms with Gasteiger partial charge in [0.1, 0.15) is 12.5 Å². The maximum Gasteiger partial charge on any atom is 0.418 e. The summed E-state index contributed by atoms with van der Waals surface area (Å²) in [5.41, 5.74) is -3.16. The molecule has 12 heteroatoms. The molecule has 1 aliphatic carbocycles. The van der Waals surface area contributed by atoms with Crippen molar-refractivity contribution >= 4 is 10.9 Å². The molecule has 2 unspecified atom stereocenters. The molecule has 3 aromatic rings. The molecule has 1 aliphatic heterocycles. The number of benzene rings is 2. The Morgan fingerprint density at radius 2 is 1.65 bits per heavy atom. The van der Waals surface area contributed by atoms with Crippen LogP contribution < -0.4 is 4.74 Å². The second-order valence-corrected chi connectivity index (χ2v) is 11.4. The summed E-state index contributed by atoms with van der Waals surface area (Å²) in [5.74, 6) is 0.0267. The van der Waals surface area contributed by atoms with Gasteiger partial charge in [0, 0.05) is 18.0 Å². The topological polar surface area (TPSA) is 70.8 Å². The molecular formula is C28H31F6N3O3. The lowest BCUT2D eigenvalue weighted by Gasteiger charge is -2.42. The Morgan fingerprint density at radius 1 is 1.00 bits per heavy atom. The van der Waals surface area contributed by atoms with Crippen LogP contribution in [-0.2, 0) is 18.0 Å². The number of alkyl halides is 6. The number of aliphatic hydroxyl groups is 2. The zero-order chi connectivity index (χ0) is 29.3. The molecule has 0 amide bonds. The highest BCUT2D eigenvalue weighted by Crippen LogP contribution is 2.46. The number of piperidine rings is 1. The molecule has 1 aromatic heterocycles. The van der Waals surface area contributed by atoms with Gasteiger partial charge in [0.2, 0.25) is 0 Å². The van der Waals surface area contributed by atoms with E-state index in [1.54, 1.807) is 13.8 Å². The van der Waals surface area contributed by atoms with Crippen molar-refractivity contribution in [3.8, 4) is 5.75 Å². The Labute approximate surface area is 227 Å². The van der Waals surface area contributed by atoms with Gasteiger partial charge in [0.15, 0.2) is 0 Å². The van der Waals surface area contributed by atoms with Crippen LogP contribution in [0.1, 0.15) is 68.0 Å². The summed E-state index contributed by atoms with van der Waals surface area (Å²) in [6.07, 6.45) is -8.08. The van der Waals surface area contributed by atoms with Crippen LogP contribution in [0.15, 0.2) is 36.4 Å². The maximum absolute atomic E-state index is 14.2. The third-order valence-corrected chi connectivity index (χ3v) is 8.18. The highest BCUT2D eigenvalue weighted by molar-refractivity contribution is 5.87. The van der Waals surface area contributed by atoms with E-state index in [4.69, 9.17) is 4.74 Å². The Kier molecular flexibility index (Phi) is 6.91. The molecule has 40 heavy (non-hydrogen) atoms. The van der Waals surface area contributed by atoms with Crippen LogP contribution in [0.2, 0.25) is 0 Å². The number of hydrogen-bond donors (Lipinski definition) is 2. The van der Waals surface area contributed by atoms with E-state index in [0.717, 1.165) is 18.2 Å². The van der Waals surface area contributed by atoms with E-state index in [-0.39, 0.29) is 42.9 Å². The van der Waals surface area contributed by atoms with Gasteiger partial charge in [-0.15, -0.1) is 0 Å². The minimum Gasteiger partial charge on any atom is -0.478 e. The van der Waals surface area contributed by atoms with Gasteiger partial charge in [-0.3, -0.25) is 9.58 Å². The number of rotatable bonds is 5. The molecule has 5 rings (SSSR count). The lowest BCUT2D eigenvalue weighted by molar-refractivity contribution is -0.138. The average Bonchev–Trinajstić information content (AvgIpc) is 3.16. The van der Waals surface area contributed by atoms with Crippen LogP contribution in [0.3, 0.4) is 0 Å². The summed E-state index contributed by atoms with van der Waals surface area (Å²) in [7, 11) is 0. The highest BCUT2D eigenvalue weighted by atomic mass is 19.4. The molecule has 2 aliphatic rings. The van der Waals surface area contributed by atoms with Gasteiger partial charge in [-0.05, 0) is 76.3 Å². The third-order valence-electron chi connectivity index (χ3n) is 8.18. The Hall–Kier alpha value is -2.83. The van der Waals surface area contributed by atoms with Crippen molar-refractivity contribution < 1.29 is 41.3 Å². The summed E-state index contributed by atoms with van der Waals surface area (Å²) in [6.45, 7) is 5.39. The molecule has 2 heterocycles. The molecule has 2 aromatic carbocycles. The van der Waals surface area contributed by atoms with Gasteiger partial charge < -0.3 is 14.9 Å². The van der Waals surface area contributed by atoms with E-state index in [1.807, 2.05) is 11.8 Å². The van der Waals surface area contributed by atoms with Gasteiger partial charge >= 0.3 is 12.4 Å². The minimum absolute atomic E-state index is 0.0267. The second-order valence-electron chi connectivity index (χ2n) is 11.4. The monoisotopic (exact) mass is 571 g/mol. The molecule has 0 radical (unpaired) electrons. The minimum atomic E-state index is -4.66. The van der Waals surface area contributed by atoms with Crippen molar-refractivity contribution in [3.05, 3.63) is 58.8 Å². The van der Waals surface area contributed by atoms with Crippen molar-refractivity contribution in [2.75, 3.05) is 13.3 Å². The molecule has 2 fully saturated rings. The van der Waals surface area contributed by atoms with Crippen molar-refractivity contribution in [1.29, 1.82) is 0 Å². The van der Waals surface area contributed by atoms with E-state index in [9.17, 15) is 36.6 Å². The number of nitrogens with zero attached hydrogens (tertiary/aromatic N) is 3. The van der Waals surface area contributed by atoms with Gasteiger partial charge in [0.25, 0.3) is 0 Å². The van der Waals surface area contributed by atoms with Crippen LogP contribution in [0.5, 0.6) is 5.75 Å². The first-order valence-electron chi connectivity index (χ1n) is 13.1. The van der Waals surface area contributed by atoms with E-state index in [1.165, 1.54) is 22.9 Å². The molecule has 1 saturated heterocycles. The van der Waals surface area contributed by atoms with Gasteiger partial charge in [0.05, 0.1) is 39.6 Å². The van der Waals surface area contributed by atoms with Crippen molar-refractivity contribution in [2.45, 2.75) is 82.1 Å². The van der Waals surface area contributed by atoms with Crippen molar-refractivity contribution in [1.82, 2.24) is 14.7 Å². The molecule has 0 spiro atoms. The SMILES string of the molecule is Cc1nn(C2CC(C)(O)C2)c2c(C(F)(F)F)cc(OCN3CCC(O)(c4ccc(C(F)(F)F)cc4)CC3C)cc12. The van der Waals surface area contributed by atoms with Crippen molar-refractivity contribution in [2.24, 2.45) is 0 Å². The Balaban J connectivity index is 1.32. The molecule has 0 bridgehead atoms. The van der Waals surface area contributed by atoms with Gasteiger partial charge in [-0.1, -0.05) is 12.1 Å². The van der Waals surface area contributed by atoms with Crippen LogP contribution in [0, 0.1) is 6.92 Å². The quantitative estimate of drug-likeness (QED) is 0.358. The smallest absolute Gasteiger partial charge is 0.418 e. The first-order valence-corrected chi connectivity index (χ1v) is 13.1. The highest BCUT2D eigenvalue weighted by Gasteiger charge is 2.43. The number of halogens is 6. The van der Waals surface area contributed by atoms with E-state index in [2.05, 4.69) is 5.10 Å². The predicted octanol–water partition coefficient (Wildman–Crippen LogP) is 6.18. The van der Waals surface area contributed by atoms with Crippen LogP contribution in [0.25, 0.3) is 10.9 Å². The summed E-state index contributed by atoms with van der Waals surface area (Å²) in [4.78, 5) is 1.86. The zero-order valence-corrected chi connectivity index (χ0v) is 22.3. The van der Waals surface area contributed by atoms with Crippen LogP contribution in [-0.4, -0.2) is 49.8 Å². The fourth-order valence-corrected chi connectivity index (χ4v) is 5.94. The largest absolute Gasteiger partial charge is 0.478 e. The summed E-state index contributed by atoms with van der Waals surface area (Å²) in [5, 5.41) is 26.0. The summed E-state index contributed by atoms with van der Waals surface area (Å²) < 4.78 is 88.5. The Morgan fingerprint density at radius 3 is 2.20 bits per heavy atom. The predicted molar refractivity (Wildman–Crippen MR) is 135 cm³/mol. The van der Waals surface area contributed by atoms with E-state index >= 15 is 0 Å².